The summed E-state index contributed by atoms with van der Waals surface area (Å²) in [4.78, 5) is 13.6. The van der Waals surface area contributed by atoms with Gasteiger partial charge in [0.25, 0.3) is 0 Å². The summed E-state index contributed by atoms with van der Waals surface area (Å²) in [5.41, 5.74) is 2.56. The summed E-state index contributed by atoms with van der Waals surface area (Å²) >= 11 is 0. The van der Waals surface area contributed by atoms with Crippen LogP contribution in [0.15, 0.2) is 47.4 Å². The lowest BCUT2D eigenvalue weighted by Crippen LogP contribution is -2.28. The predicted octanol–water partition coefficient (Wildman–Crippen LogP) is 3.03. The van der Waals surface area contributed by atoms with E-state index in [2.05, 4.69) is 4.72 Å². The number of nitrogens with zero attached hydrogens (tertiary/aromatic N) is 1. The maximum atomic E-state index is 12.9. The SMILES string of the molecule is CC[C@H](NS(=O)(=O)c1ccc2c(c1)CCN2C(C)=O)c1ccc(OC)cc1. The first kappa shape index (κ1) is 19.4. The zero-order chi connectivity index (χ0) is 19.6. The number of nitrogens with one attached hydrogen (secondary N) is 1. The van der Waals surface area contributed by atoms with E-state index in [0.717, 1.165) is 22.6 Å². The number of methoxy groups -OCH3 is 1. The molecule has 1 heterocycles. The molecule has 0 aliphatic carbocycles. The van der Waals surface area contributed by atoms with Crippen molar-refractivity contribution in [3.8, 4) is 5.75 Å². The van der Waals surface area contributed by atoms with Crippen LogP contribution in [0.3, 0.4) is 0 Å². The zero-order valence-corrected chi connectivity index (χ0v) is 16.5. The molecular weight excluding hydrogens is 364 g/mol. The number of benzene rings is 2. The summed E-state index contributed by atoms with van der Waals surface area (Å²) in [7, 11) is -2.09. The van der Waals surface area contributed by atoms with E-state index < -0.39 is 10.0 Å². The van der Waals surface area contributed by atoms with Crippen LogP contribution in [0.25, 0.3) is 0 Å². The van der Waals surface area contributed by atoms with Gasteiger partial charge in [0.15, 0.2) is 0 Å². The molecule has 0 radical (unpaired) electrons. The summed E-state index contributed by atoms with van der Waals surface area (Å²) in [6.45, 7) is 4.04. The minimum absolute atomic E-state index is 0.0342. The second-order valence-corrected chi connectivity index (χ2v) is 8.28. The van der Waals surface area contributed by atoms with Crippen molar-refractivity contribution >= 4 is 21.6 Å². The first-order chi connectivity index (χ1) is 12.9. The average Bonchev–Trinajstić information content (AvgIpc) is 3.10. The van der Waals surface area contributed by atoms with Crippen LogP contribution in [-0.2, 0) is 21.2 Å². The van der Waals surface area contributed by atoms with Gasteiger partial charge in [-0.05, 0) is 54.3 Å². The molecule has 27 heavy (non-hydrogen) atoms. The van der Waals surface area contributed by atoms with Gasteiger partial charge < -0.3 is 9.64 Å². The fourth-order valence-electron chi connectivity index (χ4n) is 3.35. The van der Waals surface area contributed by atoms with Crippen LogP contribution in [0.2, 0.25) is 0 Å². The molecule has 0 saturated carbocycles. The van der Waals surface area contributed by atoms with Gasteiger partial charge in [0, 0.05) is 25.2 Å². The van der Waals surface area contributed by atoms with Crippen LogP contribution >= 0.6 is 0 Å². The fourth-order valence-corrected chi connectivity index (χ4v) is 4.71. The van der Waals surface area contributed by atoms with Crippen molar-refractivity contribution in [1.82, 2.24) is 4.72 Å². The van der Waals surface area contributed by atoms with E-state index in [1.165, 1.54) is 6.92 Å². The van der Waals surface area contributed by atoms with Gasteiger partial charge in [-0.2, -0.15) is 0 Å². The summed E-state index contributed by atoms with van der Waals surface area (Å²) in [5.74, 6) is 0.693. The van der Waals surface area contributed by atoms with E-state index >= 15 is 0 Å². The summed E-state index contributed by atoms with van der Waals surface area (Å²) in [6, 6.07) is 12.0. The number of amides is 1. The van der Waals surface area contributed by atoms with Crippen LogP contribution in [-0.4, -0.2) is 28.0 Å². The average molecular weight is 388 g/mol. The Kier molecular flexibility index (Phi) is 5.53. The smallest absolute Gasteiger partial charge is 0.241 e. The summed E-state index contributed by atoms with van der Waals surface area (Å²) < 4.78 is 33.7. The molecule has 1 atom stereocenters. The Labute approximate surface area is 160 Å². The lowest BCUT2D eigenvalue weighted by molar-refractivity contribution is -0.116. The molecule has 7 heteroatoms. The topological polar surface area (TPSA) is 75.7 Å². The Hall–Kier alpha value is -2.38. The molecule has 0 unspecified atom stereocenters. The van der Waals surface area contributed by atoms with Gasteiger partial charge >= 0.3 is 0 Å². The van der Waals surface area contributed by atoms with Crippen molar-refractivity contribution in [3.63, 3.8) is 0 Å². The maximum Gasteiger partial charge on any atom is 0.241 e. The number of rotatable bonds is 6. The lowest BCUT2D eigenvalue weighted by Gasteiger charge is -2.19. The molecule has 0 bridgehead atoms. The quantitative estimate of drug-likeness (QED) is 0.825. The van der Waals surface area contributed by atoms with Gasteiger partial charge in [0.1, 0.15) is 5.75 Å². The van der Waals surface area contributed by atoms with Crippen molar-refractivity contribution in [2.24, 2.45) is 0 Å². The Balaban J connectivity index is 1.84. The molecular formula is C20H24N2O4S. The highest BCUT2D eigenvalue weighted by atomic mass is 32.2. The number of fused-ring (bicyclic) bond motifs is 1. The second-order valence-electron chi connectivity index (χ2n) is 6.57. The molecule has 0 saturated heterocycles. The first-order valence-electron chi connectivity index (χ1n) is 8.93. The normalized spacial score (nSPS) is 14.7. The van der Waals surface area contributed by atoms with Crippen LogP contribution in [0.5, 0.6) is 5.75 Å². The van der Waals surface area contributed by atoms with Gasteiger partial charge in [-0.15, -0.1) is 0 Å². The van der Waals surface area contributed by atoms with Gasteiger partial charge in [-0.25, -0.2) is 13.1 Å². The van der Waals surface area contributed by atoms with Crippen molar-refractivity contribution in [3.05, 3.63) is 53.6 Å². The third-order valence-electron chi connectivity index (χ3n) is 4.86. The number of anilines is 1. The number of carbonyl (C=O) groups excluding carboxylic acids is 1. The van der Waals surface area contributed by atoms with Gasteiger partial charge in [-0.1, -0.05) is 19.1 Å². The van der Waals surface area contributed by atoms with Crippen LogP contribution in [0.4, 0.5) is 5.69 Å². The van der Waals surface area contributed by atoms with Gasteiger partial charge in [0.2, 0.25) is 15.9 Å². The molecule has 1 N–H and O–H groups in total. The highest BCUT2D eigenvalue weighted by Crippen LogP contribution is 2.31. The van der Waals surface area contributed by atoms with Crippen molar-refractivity contribution in [2.45, 2.75) is 37.6 Å². The Morgan fingerprint density at radius 1 is 1.22 bits per heavy atom. The van der Waals surface area contributed by atoms with E-state index in [1.807, 2.05) is 31.2 Å². The Bertz CT molecular complexity index is 939. The van der Waals surface area contributed by atoms with Crippen LogP contribution in [0, 0.1) is 0 Å². The number of hydrogen-bond donors (Lipinski definition) is 1. The second kappa shape index (κ2) is 7.70. The summed E-state index contributed by atoms with van der Waals surface area (Å²) in [6.07, 6.45) is 1.28. The van der Waals surface area contributed by atoms with E-state index in [0.29, 0.717) is 19.4 Å². The third-order valence-corrected chi connectivity index (χ3v) is 6.33. The molecule has 0 fully saturated rings. The van der Waals surface area contributed by atoms with Crippen molar-refractivity contribution in [2.75, 3.05) is 18.6 Å². The monoisotopic (exact) mass is 388 g/mol. The lowest BCUT2D eigenvalue weighted by atomic mass is 10.1. The molecule has 1 aliphatic heterocycles. The van der Waals surface area contributed by atoms with E-state index in [9.17, 15) is 13.2 Å². The van der Waals surface area contributed by atoms with E-state index in [1.54, 1.807) is 30.2 Å². The molecule has 2 aromatic carbocycles. The molecule has 0 spiro atoms. The zero-order valence-electron chi connectivity index (χ0n) is 15.7. The number of ether oxygens (including phenoxy) is 1. The van der Waals surface area contributed by atoms with Crippen LogP contribution < -0.4 is 14.4 Å². The minimum Gasteiger partial charge on any atom is -0.497 e. The molecule has 144 valence electrons. The molecule has 6 nitrogen and oxygen atoms in total. The van der Waals surface area contributed by atoms with Crippen molar-refractivity contribution in [1.29, 1.82) is 0 Å². The highest BCUT2D eigenvalue weighted by molar-refractivity contribution is 7.89. The van der Waals surface area contributed by atoms with Gasteiger partial charge in [-0.3, -0.25) is 4.79 Å². The Morgan fingerprint density at radius 2 is 1.93 bits per heavy atom. The van der Waals surface area contributed by atoms with Gasteiger partial charge in [0.05, 0.1) is 12.0 Å². The van der Waals surface area contributed by atoms with Crippen molar-refractivity contribution < 1.29 is 17.9 Å². The standard InChI is InChI=1S/C20H24N2O4S/c1-4-19(15-5-7-17(26-3)8-6-15)21-27(24,25)18-9-10-20-16(13-18)11-12-22(20)14(2)23/h5-10,13,19,21H,4,11-12H2,1-3H3/t19-/m0/s1. The Morgan fingerprint density at radius 3 is 2.52 bits per heavy atom. The van der Waals surface area contributed by atoms with E-state index in [4.69, 9.17) is 4.74 Å². The number of carbonyl (C=O) groups is 1. The predicted molar refractivity (Wildman–Crippen MR) is 105 cm³/mol. The minimum atomic E-state index is -3.68. The largest absolute Gasteiger partial charge is 0.497 e. The highest BCUT2D eigenvalue weighted by Gasteiger charge is 2.26. The fraction of sp³-hybridized carbons (Fsp3) is 0.350. The molecule has 0 aromatic heterocycles. The first-order valence-corrected chi connectivity index (χ1v) is 10.4. The molecule has 3 rings (SSSR count). The maximum absolute atomic E-state index is 12.9. The van der Waals surface area contributed by atoms with E-state index in [-0.39, 0.29) is 16.8 Å². The molecule has 1 amide bonds. The molecule has 2 aromatic rings. The number of hydrogen-bond acceptors (Lipinski definition) is 4. The third kappa shape index (κ3) is 3.99. The van der Waals surface area contributed by atoms with Crippen LogP contribution in [0.1, 0.15) is 37.4 Å². The summed E-state index contributed by atoms with van der Waals surface area (Å²) in [5, 5.41) is 0. The number of sulfonamides is 1. The molecule has 1 aliphatic rings.